The molecule has 0 aromatic carbocycles. The van der Waals surface area contributed by atoms with Gasteiger partial charge in [0.1, 0.15) is 0 Å². The maximum Gasteiger partial charge on any atom is 0.152 e. The number of halogens is 1. The van der Waals surface area contributed by atoms with Gasteiger partial charge in [0.2, 0.25) is 0 Å². The second-order valence-electron chi connectivity index (χ2n) is 4.30. The molecule has 0 aromatic rings. The van der Waals surface area contributed by atoms with Crippen LogP contribution in [0.3, 0.4) is 0 Å². The first-order valence-corrected chi connectivity index (χ1v) is 7.53. The van der Waals surface area contributed by atoms with Crippen LogP contribution >= 0.6 is 15.9 Å². The zero-order valence-electron chi connectivity index (χ0n) is 8.22. The number of rotatable bonds is 5. The van der Waals surface area contributed by atoms with E-state index in [1.54, 1.807) is 13.8 Å². The summed E-state index contributed by atoms with van der Waals surface area (Å²) in [6.45, 7) is 3.51. The predicted molar refractivity (Wildman–Crippen MR) is 59.0 cm³/mol. The molecule has 0 saturated heterocycles. The Morgan fingerprint density at radius 3 is 2.23 bits per heavy atom. The molecule has 0 heterocycles. The van der Waals surface area contributed by atoms with Crippen molar-refractivity contribution in [3.05, 3.63) is 0 Å². The van der Waals surface area contributed by atoms with E-state index in [0.29, 0.717) is 11.2 Å². The number of hydrogen-bond donors (Lipinski definition) is 0. The lowest BCUT2D eigenvalue weighted by molar-refractivity contribution is 0.541. The van der Waals surface area contributed by atoms with Crippen molar-refractivity contribution in [3.8, 4) is 0 Å². The van der Waals surface area contributed by atoms with Crippen LogP contribution in [0, 0.1) is 5.41 Å². The minimum atomic E-state index is -2.82. The second-order valence-corrected chi connectivity index (χ2v) is 7.54. The summed E-state index contributed by atoms with van der Waals surface area (Å²) in [7, 11) is -2.82. The number of hydrogen-bond acceptors (Lipinski definition) is 2. The Morgan fingerprint density at radius 1 is 1.38 bits per heavy atom. The summed E-state index contributed by atoms with van der Waals surface area (Å²) in [5.74, 6) is 0.357. The van der Waals surface area contributed by atoms with Gasteiger partial charge in [-0.2, -0.15) is 0 Å². The fourth-order valence-electron chi connectivity index (χ4n) is 1.22. The average molecular weight is 269 g/mol. The maximum absolute atomic E-state index is 11.5. The van der Waals surface area contributed by atoms with Crippen LogP contribution in [0.4, 0.5) is 0 Å². The minimum Gasteiger partial charge on any atom is -0.229 e. The van der Waals surface area contributed by atoms with Gasteiger partial charge in [0.05, 0.1) is 11.0 Å². The van der Waals surface area contributed by atoms with Crippen molar-refractivity contribution in [1.82, 2.24) is 0 Å². The minimum absolute atomic E-state index is 0.223. The van der Waals surface area contributed by atoms with Gasteiger partial charge >= 0.3 is 0 Å². The molecule has 0 spiro atoms. The highest BCUT2D eigenvalue weighted by Crippen LogP contribution is 2.50. The molecule has 0 radical (unpaired) electrons. The molecule has 0 N–H and O–H groups in total. The molecule has 0 unspecified atom stereocenters. The van der Waals surface area contributed by atoms with Gasteiger partial charge in [0.25, 0.3) is 0 Å². The molecule has 1 fully saturated rings. The molecule has 0 amide bonds. The zero-order chi connectivity index (χ0) is 10.1. The van der Waals surface area contributed by atoms with Gasteiger partial charge < -0.3 is 0 Å². The summed E-state index contributed by atoms with van der Waals surface area (Å²) in [4.78, 5) is 0. The van der Waals surface area contributed by atoms with Crippen molar-refractivity contribution in [3.63, 3.8) is 0 Å². The van der Waals surface area contributed by atoms with Crippen LogP contribution in [0.5, 0.6) is 0 Å². The summed E-state index contributed by atoms with van der Waals surface area (Å²) >= 11 is 3.44. The van der Waals surface area contributed by atoms with E-state index in [9.17, 15) is 8.42 Å². The van der Waals surface area contributed by atoms with Gasteiger partial charge in [-0.25, -0.2) is 8.42 Å². The maximum atomic E-state index is 11.5. The highest BCUT2D eigenvalue weighted by Gasteiger charge is 2.42. The molecule has 1 rings (SSSR count). The standard InChI is InChI=1S/C9H17BrO2S/c1-8(2)13(11,12)6-5-9(7-10)3-4-9/h8H,3-7H2,1-2H3. The van der Waals surface area contributed by atoms with E-state index in [1.807, 2.05) is 0 Å². The van der Waals surface area contributed by atoms with Crippen LogP contribution in [0.15, 0.2) is 0 Å². The third kappa shape index (κ3) is 2.94. The monoisotopic (exact) mass is 268 g/mol. The topological polar surface area (TPSA) is 34.1 Å². The molecule has 13 heavy (non-hydrogen) atoms. The van der Waals surface area contributed by atoms with E-state index >= 15 is 0 Å². The van der Waals surface area contributed by atoms with Crippen molar-refractivity contribution in [2.75, 3.05) is 11.1 Å². The third-order valence-electron chi connectivity index (χ3n) is 2.88. The Balaban J connectivity index is 2.43. The van der Waals surface area contributed by atoms with E-state index in [2.05, 4.69) is 15.9 Å². The van der Waals surface area contributed by atoms with E-state index in [4.69, 9.17) is 0 Å². The van der Waals surface area contributed by atoms with Crippen molar-refractivity contribution in [2.24, 2.45) is 5.41 Å². The normalized spacial score (nSPS) is 20.6. The first-order valence-electron chi connectivity index (χ1n) is 4.69. The molecule has 0 bridgehead atoms. The Labute approximate surface area is 89.1 Å². The molecule has 2 nitrogen and oxygen atoms in total. The summed E-state index contributed by atoms with van der Waals surface area (Å²) in [6, 6.07) is 0. The van der Waals surface area contributed by atoms with Gasteiger partial charge in [-0.1, -0.05) is 15.9 Å². The Bertz CT molecular complexity index is 265. The predicted octanol–water partition coefficient (Wildman–Crippen LogP) is 2.37. The molecule has 1 saturated carbocycles. The van der Waals surface area contributed by atoms with Crippen molar-refractivity contribution < 1.29 is 8.42 Å². The van der Waals surface area contributed by atoms with Crippen molar-refractivity contribution >= 4 is 25.8 Å². The van der Waals surface area contributed by atoms with E-state index in [0.717, 1.165) is 11.8 Å². The van der Waals surface area contributed by atoms with Crippen LogP contribution in [-0.4, -0.2) is 24.8 Å². The first kappa shape index (κ1) is 11.5. The Hall–Kier alpha value is 0.430. The fraction of sp³-hybridized carbons (Fsp3) is 1.00. The van der Waals surface area contributed by atoms with Crippen molar-refractivity contribution in [1.29, 1.82) is 0 Å². The molecule has 0 aliphatic heterocycles. The van der Waals surface area contributed by atoms with Gasteiger partial charge in [-0.3, -0.25) is 0 Å². The average Bonchev–Trinajstić information content (AvgIpc) is 2.81. The van der Waals surface area contributed by atoms with Gasteiger partial charge in [-0.05, 0) is 38.5 Å². The van der Waals surface area contributed by atoms with Gasteiger partial charge in [0.15, 0.2) is 9.84 Å². The lowest BCUT2D eigenvalue weighted by atomic mass is 10.1. The summed E-state index contributed by atoms with van der Waals surface area (Å²) < 4.78 is 23.0. The molecule has 4 heteroatoms. The summed E-state index contributed by atoms with van der Waals surface area (Å²) in [5, 5.41) is 0.729. The Kier molecular flexibility index (Phi) is 3.44. The van der Waals surface area contributed by atoms with Crippen LogP contribution in [0.1, 0.15) is 33.1 Å². The molecule has 1 aliphatic carbocycles. The lowest BCUT2D eigenvalue weighted by Gasteiger charge is -2.12. The van der Waals surface area contributed by atoms with Gasteiger partial charge in [-0.15, -0.1) is 0 Å². The van der Waals surface area contributed by atoms with E-state index in [1.165, 1.54) is 12.8 Å². The highest BCUT2D eigenvalue weighted by molar-refractivity contribution is 9.09. The SMILES string of the molecule is CC(C)S(=O)(=O)CCC1(CBr)CC1. The molecular weight excluding hydrogens is 252 g/mol. The van der Waals surface area contributed by atoms with E-state index < -0.39 is 9.84 Å². The number of sulfone groups is 1. The lowest BCUT2D eigenvalue weighted by Crippen LogP contribution is -2.20. The van der Waals surface area contributed by atoms with Crippen LogP contribution in [0.25, 0.3) is 0 Å². The molecule has 78 valence electrons. The molecule has 0 atom stereocenters. The highest BCUT2D eigenvalue weighted by atomic mass is 79.9. The van der Waals surface area contributed by atoms with E-state index in [-0.39, 0.29) is 5.25 Å². The fourth-order valence-corrected chi connectivity index (χ4v) is 3.25. The zero-order valence-corrected chi connectivity index (χ0v) is 10.6. The smallest absolute Gasteiger partial charge is 0.152 e. The van der Waals surface area contributed by atoms with Crippen LogP contribution < -0.4 is 0 Å². The van der Waals surface area contributed by atoms with Gasteiger partial charge in [0, 0.05) is 5.33 Å². The first-order chi connectivity index (χ1) is 5.92. The Morgan fingerprint density at radius 2 is 1.92 bits per heavy atom. The summed E-state index contributed by atoms with van der Waals surface area (Å²) in [5.41, 5.74) is 0.321. The largest absolute Gasteiger partial charge is 0.229 e. The number of alkyl halides is 1. The molecule has 0 aromatic heterocycles. The molecular formula is C9H17BrO2S. The quantitative estimate of drug-likeness (QED) is 0.718. The van der Waals surface area contributed by atoms with Crippen molar-refractivity contribution in [2.45, 2.75) is 38.4 Å². The third-order valence-corrected chi connectivity index (χ3v) is 6.27. The second kappa shape index (κ2) is 3.89. The van der Waals surface area contributed by atoms with Crippen LogP contribution in [-0.2, 0) is 9.84 Å². The van der Waals surface area contributed by atoms with Crippen LogP contribution in [0.2, 0.25) is 0 Å². The molecule has 1 aliphatic rings. The summed E-state index contributed by atoms with van der Waals surface area (Å²) in [6.07, 6.45) is 3.20.